The number of hydrogen-bond acceptors (Lipinski definition) is 4. The second-order valence-electron chi connectivity index (χ2n) is 6.26. The lowest BCUT2D eigenvalue weighted by atomic mass is 9.90. The summed E-state index contributed by atoms with van der Waals surface area (Å²) in [6.45, 7) is 6.29. The van der Waals surface area contributed by atoms with Crippen LogP contribution in [0.1, 0.15) is 41.5 Å². The van der Waals surface area contributed by atoms with Gasteiger partial charge in [-0.25, -0.2) is 4.98 Å². The fourth-order valence-corrected chi connectivity index (χ4v) is 4.27. The van der Waals surface area contributed by atoms with Crippen LogP contribution in [0.2, 0.25) is 0 Å². The van der Waals surface area contributed by atoms with Crippen LogP contribution in [0.5, 0.6) is 0 Å². The molecule has 1 fully saturated rings. The molecule has 1 aliphatic heterocycles. The van der Waals surface area contributed by atoms with Gasteiger partial charge in [-0.05, 0) is 39.7 Å². The maximum absolute atomic E-state index is 13.0. The summed E-state index contributed by atoms with van der Waals surface area (Å²) >= 11 is 1.52. The van der Waals surface area contributed by atoms with Gasteiger partial charge < -0.3 is 10.0 Å². The van der Waals surface area contributed by atoms with Crippen LogP contribution >= 0.6 is 11.3 Å². The zero-order valence-corrected chi connectivity index (χ0v) is 14.8. The van der Waals surface area contributed by atoms with Crippen LogP contribution in [0.15, 0.2) is 17.6 Å². The number of carbonyl (C=O) groups excluding carboxylic acids is 1. The Kier molecular flexibility index (Phi) is 4.45. The van der Waals surface area contributed by atoms with Crippen LogP contribution in [0, 0.1) is 19.8 Å². The van der Waals surface area contributed by atoms with Gasteiger partial charge in [-0.1, -0.05) is 0 Å². The number of rotatable bonds is 3. The number of aryl methyl sites for hydroxylation is 1. The molecule has 0 saturated carbocycles. The highest BCUT2D eigenvalue weighted by Crippen LogP contribution is 2.28. The topological polar surface area (TPSA) is 75.4 Å². The van der Waals surface area contributed by atoms with Crippen LogP contribution in [0.4, 0.5) is 0 Å². The largest absolute Gasteiger partial charge is 0.481 e. The van der Waals surface area contributed by atoms with E-state index >= 15 is 0 Å². The van der Waals surface area contributed by atoms with Gasteiger partial charge in [0.15, 0.2) is 5.13 Å². The fraction of sp³-hybridized carbons (Fsp3) is 0.471. The first-order valence-corrected chi connectivity index (χ1v) is 8.92. The van der Waals surface area contributed by atoms with Crippen molar-refractivity contribution >= 4 is 23.2 Å². The van der Waals surface area contributed by atoms with Gasteiger partial charge in [0, 0.05) is 35.6 Å². The number of hydrogen-bond donors (Lipinski definition) is 1. The molecular formula is C17H21N3O3S. The molecule has 0 radical (unpaired) electrons. The zero-order chi connectivity index (χ0) is 17.4. The molecule has 1 aliphatic rings. The first-order valence-electron chi connectivity index (χ1n) is 8.04. The Labute approximate surface area is 144 Å². The van der Waals surface area contributed by atoms with Gasteiger partial charge in [0.1, 0.15) is 0 Å². The van der Waals surface area contributed by atoms with Crippen LogP contribution < -0.4 is 0 Å². The number of nitrogens with zero attached hydrogens (tertiary/aromatic N) is 3. The number of piperidine rings is 1. The second-order valence-corrected chi connectivity index (χ2v) is 7.13. The normalized spacial score (nSPS) is 21.0. The molecule has 1 saturated heterocycles. The first-order chi connectivity index (χ1) is 11.4. The van der Waals surface area contributed by atoms with Crippen LogP contribution in [-0.2, 0) is 4.79 Å². The molecule has 0 aromatic carbocycles. The number of aliphatic carboxylic acids is 1. The Balaban J connectivity index is 1.93. The molecule has 1 amide bonds. The number of thiazole rings is 1. The molecule has 24 heavy (non-hydrogen) atoms. The van der Waals surface area contributed by atoms with Crippen molar-refractivity contribution in [3.63, 3.8) is 0 Å². The average molecular weight is 347 g/mol. The minimum atomic E-state index is -0.826. The maximum atomic E-state index is 13.0. The van der Waals surface area contributed by atoms with E-state index in [9.17, 15) is 14.7 Å². The minimum absolute atomic E-state index is 0.0932. The van der Waals surface area contributed by atoms with Gasteiger partial charge in [-0.15, -0.1) is 11.3 Å². The molecular weight excluding hydrogens is 326 g/mol. The van der Waals surface area contributed by atoms with Crippen molar-refractivity contribution in [1.82, 2.24) is 14.5 Å². The summed E-state index contributed by atoms with van der Waals surface area (Å²) in [6, 6.07) is 1.57. The summed E-state index contributed by atoms with van der Waals surface area (Å²) in [5.41, 5.74) is 2.42. The summed E-state index contributed by atoms with van der Waals surface area (Å²) in [4.78, 5) is 30.5. The standard InChI is InChI=1S/C17H21N3O3S/c1-10-9-14(12(3)20(10)17-18-6-8-24-17)15(21)19-7-4-5-13(11(19)2)16(22)23/h6,8-9,11,13H,4-5,7H2,1-3H3,(H,22,23)/t11-,13-/m1/s1. The van der Waals surface area contributed by atoms with Crippen molar-refractivity contribution in [2.75, 3.05) is 6.54 Å². The molecule has 0 bridgehead atoms. The predicted molar refractivity (Wildman–Crippen MR) is 91.8 cm³/mol. The highest BCUT2D eigenvalue weighted by Gasteiger charge is 2.36. The van der Waals surface area contributed by atoms with Gasteiger partial charge >= 0.3 is 5.97 Å². The Hall–Kier alpha value is -2.15. The lowest BCUT2D eigenvalue weighted by Crippen LogP contribution is -2.49. The lowest BCUT2D eigenvalue weighted by molar-refractivity contribution is -0.144. The highest BCUT2D eigenvalue weighted by molar-refractivity contribution is 7.12. The molecule has 6 nitrogen and oxygen atoms in total. The fourth-order valence-electron chi connectivity index (χ4n) is 3.51. The highest BCUT2D eigenvalue weighted by atomic mass is 32.1. The lowest BCUT2D eigenvalue weighted by Gasteiger charge is -2.37. The van der Waals surface area contributed by atoms with E-state index in [0.717, 1.165) is 22.9 Å². The van der Waals surface area contributed by atoms with Crippen molar-refractivity contribution in [2.45, 2.75) is 39.7 Å². The van der Waals surface area contributed by atoms with Gasteiger partial charge in [0.05, 0.1) is 11.5 Å². The Bertz CT molecular complexity index is 766. The van der Waals surface area contributed by atoms with E-state index < -0.39 is 11.9 Å². The van der Waals surface area contributed by atoms with Crippen molar-refractivity contribution in [3.05, 3.63) is 34.6 Å². The molecule has 0 aliphatic carbocycles. The Morgan fingerprint density at radius 2 is 2.12 bits per heavy atom. The average Bonchev–Trinajstić information content (AvgIpc) is 3.14. The van der Waals surface area contributed by atoms with Crippen molar-refractivity contribution in [2.24, 2.45) is 5.92 Å². The molecule has 2 atom stereocenters. The summed E-state index contributed by atoms with van der Waals surface area (Å²) < 4.78 is 1.97. The third-order valence-electron chi connectivity index (χ3n) is 4.84. The predicted octanol–water partition coefficient (Wildman–Crippen LogP) is 2.88. The quantitative estimate of drug-likeness (QED) is 0.926. The van der Waals surface area contributed by atoms with Crippen LogP contribution in [0.3, 0.4) is 0 Å². The molecule has 3 rings (SSSR count). The SMILES string of the molecule is Cc1cc(C(=O)N2CCC[C@@H](C(=O)O)[C@H]2C)c(C)n1-c1nccs1. The number of amides is 1. The van der Waals surface area contributed by atoms with Crippen molar-refractivity contribution in [3.8, 4) is 5.13 Å². The number of carboxylic acids is 1. The van der Waals surface area contributed by atoms with E-state index in [0.29, 0.717) is 18.5 Å². The molecule has 1 N–H and O–H groups in total. The number of carboxylic acid groups (broad SMARTS) is 1. The third-order valence-corrected chi connectivity index (χ3v) is 5.59. The molecule has 0 spiro atoms. The van der Waals surface area contributed by atoms with Crippen LogP contribution in [-0.4, -0.2) is 44.0 Å². The summed E-state index contributed by atoms with van der Waals surface area (Å²) in [5.74, 6) is -1.41. The van der Waals surface area contributed by atoms with E-state index in [1.165, 1.54) is 11.3 Å². The van der Waals surface area contributed by atoms with Crippen molar-refractivity contribution < 1.29 is 14.7 Å². The molecule has 3 heterocycles. The monoisotopic (exact) mass is 347 g/mol. The summed E-state index contributed by atoms with van der Waals surface area (Å²) in [7, 11) is 0. The molecule has 7 heteroatoms. The Morgan fingerprint density at radius 3 is 2.75 bits per heavy atom. The molecule has 2 aromatic heterocycles. The third kappa shape index (κ3) is 2.73. The minimum Gasteiger partial charge on any atom is -0.481 e. The summed E-state index contributed by atoms with van der Waals surface area (Å²) in [6.07, 6.45) is 3.08. The smallest absolute Gasteiger partial charge is 0.308 e. The van der Waals surface area contributed by atoms with E-state index in [2.05, 4.69) is 4.98 Å². The van der Waals surface area contributed by atoms with Crippen molar-refractivity contribution in [1.29, 1.82) is 0 Å². The molecule has 2 aromatic rings. The number of carbonyl (C=O) groups is 2. The summed E-state index contributed by atoms with van der Waals surface area (Å²) in [5, 5.41) is 12.1. The second kappa shape index (κ2) is 6.39. The van der Waals surface area contributed by atoms with Gasteiger partial charge in [-0.2, -0.15) is 0 Å². The van der Waals surface area contributed by atoms with Gasteiger partial charge in [0.25, 0.3) is 5.91 Å². The van der Waals surface area contributed by atoms with Gasteiger partial charge in [-0.3, -0.25) is 14.2 Å². The maximum Gasteiger partial charge on any atom is 0.308 e. The first kappa shape index (κ1) is 16.7. The molecule has 0 unspecified atom stereocenters. The van der Waals surface area contributed by atoms with Crippen LogP contribution in [0.25, 0.3) is 5.13 Å². The van der Waals surface area contributed by atoms with E-state index in [4.69, 9.17) is 0 Å². The number of aromatic nitrogens is 2. The molecule has 128 valence electrons. The number of likely N-dealkylation sites (tertiary alicyclic amines) is 1. The zero-order valence-electron chi connectivity index (χ0n) is 14.0. The Morgan fingerprint density at radius 1 is 1.38 bits per heavy atom. The van der Waals surface area contributed by atoms with Gasteiger partial charge in [0.2, 0.25) is 0 Å². The van der Waals surface area contributed by atoms with E-state index in [1.54, 1.807) is 11.1 Å². The van der Waals surface area contributed by atoms with E-state index in [1.807, 2.05) is 36.8 Å². The van der Waals surface area contributed by atoms with E-state index in [-0.39, 0.29) is 11.9 Å².